The molecule has 2 atom stereocenters. The highest BCUT2D eigenvalue weighted by atomic mass is 35.5. The van der Waals surface area contributed by atoms with E-state index < -0.39 is 18.2 Å². The molecule has 7 heteroatoms. The van der Waals surface area contributed by atoms with Crippen LogP contribution >= 0.6 is 11.6 Å². The van der Waals surface area contributed by atoms with Crippen molar-refractivity contribution in [3.05, 3.63) is 35.0 Å². The number of benzene rings is 1. The van der Waals surface area contributed by atoms with Crippen LogP contribution in [0.25, 0.3) is 10.9 Å². The number of hydrogen-bond donors (Lipinski definition) is 3. The van der Waals surface area contributed by atoms with Gasteiger partial charge in [-0.1, -0.05) is 11.6 Å². The molecule has 106 valence electrons. The van der Waals surface area contributed by atoms with Crippen LogP contribution in [0.4, 0.5) is 0 Å². The quantitative estimate of drug-likeness (QED) is 0.737. The van der Waals surface area contributed by atoms with Crippen LogP contribution in [0.15, 0.2) is 24.3 Å². The van der Waals surface area contributed by atoms with E-state index in [1.54, 1.807) is 18.2 Å². The fourth-order valence-electron chi connectivity index (χ4n) is 1.79. The first-order chi connectivity index (χ1) is 9.43. The van der Waals surface area contributed by atoms with Gasteiger partial charge in [-0.3, -0.25) is 0 Å². The summed E-state index contributed by atoms with van der Waals surface area (Å²) < 4.78 is 5.07. The zero-order valence-electron chi connectivity index (χ0n) is 10.4. The number of pyridine rings is 1. The molecule has 1 aromatic heterocycles. The van der Waals surface area contributed by atoms with Crippen LogP contribution in [0.2, 0.25) is 5.15 Å². The minimum atomic E-state index is -1.97. The molecule has 0 amide bonds. The van der Waals surface area contributed by atoms with Gasteiger partial charge in [0, 0.05) is 10.9 Å². The first-order valence-electron chi connectivity index (χ1n) is 5.67. The second-order valence-electron chi connectivity index (χ2n) is 4.15. The van der Waals surface area contributed by atoms with Crippen molar-refractivity contribution in [2.45, 2.75) is 12.2 Å². The number of carboxylic acid groups (broad SMARTS) is 1. The van der Waals surface area contributed by atoms with Gasteiger partial charge in [-0.05, 0) is 24.3 Å². The summed E-state index contributed by atoms with van der Waals surface area (Å²) in [6.07, 6.45) is -3.64. The van der Waals surface area contributed by atoms with Gasteiger partial charge in [0.05, 0.1) is 12.6 Å². The van der Waals surface area contributed by atoms with Crippen LogP contribution in [-0.4, -0.2) is 39.5 Å². The second-order valence-corrected chi connectivity index (χ2v) is 4.51. The highest BCUT2D eigenvalue weighted by molar-refractivity contribution is 6.30. The van der Waals surface area contributed by atoms with Crippen molar-refractivity contribution in [1.82, 2.24) is 4.98 Å². The molecule has 2 aromatic rings. The molecule has 1 aromatic carbocycles. The number of aromatic nitrogens is 1. The summed E-state index contributed by atoms with van der Waals surface area (Å²) in [6, 6.07) is 6.53. The minimum Gasteiger partial charge on any atom is -0.497 e. The number of carboxylic acids is 1. The molecule has 2 unspecified atom stereocenters. The lowest BCUT2D eigenvalue weighted by Crippen LogP contribution is -2.27. The predicted octanol–water partition coefficient (Wildman–Crippen LogP) is 1.38. The molecular formula is C13H12ClNO5. The van der Waals surface area contributed by atoms with E-state index in [9.17, 15) is 15.0 Å². The highest BCUT2D eigenvalue weighted by Gasteiger charge is 2.27. The Balaban J connectivity index is 2.53. The van der Waals surface area contributed by atoms with Crippen molar-refractivity contribution in [2.75, 3.05) is 7.11 Å². The SMILES string of the molecule is COc1ccc2nc(Cl)c(C(O)C(O)C(=O)O)cc2c1. The van der Waals surface area contributed by atoms with Crippen LogP contribution in [0.1, 0.15) is 11.7 Å². The fourth-order valence-corrected chi connectivity index (χ4v) is 2.04. The summed E-state index contributed by atoms with van der Waals surface area (Å²) in [4.78, 5) is 14.8. The van der Waals surface area contributed by atoms with E-state index in [4.69, 9.17) is 21.4 Å². The van der Waals surface area contributed by atoms with Crippen LogP contribution in [0.3, 0.4) is 0 Å². The number of hydrogen-bond acceptors (Lipinski definition) is 5. The summed E-state index contributed by atoms with van der Waals surface area (Å²) in [5, 5.41) is 28.5. The van der Waals surface area contributed by atoms with Crippen LogP contribution in [0, 0.1) is 0 Å². The Hall–Kier alpha value is -1.89. The molecule has 0 bridgehead atoms. The van der Waals surface area contributed by atoms with E-state index in [0.717, 1.165) is 0 Å². The molecule has 0 spiro atoms. The maximum absolute atomic E-state index is 10.7. The van der Waals surface area contributed by atoms with Gasteiger partial charge in [-0.25, -0.2) is 9.78 Å². The van der Waals surface area contributed by atoms with Crippen molar-refractivity contribution >= 4 is 28.5 Å². The summed E-state index contributed by atoms with van der Waals surface area (Å²) in [5.74, 6) is -0.958. The fraction of sp³-hybridized carbons (Fsp3) is 0.231. The Morgan fingerprint density at radius 1 is 1.35 bits per heavy atom. The molecule has 2 rings (SSSR count). The molecule has 0 aliphatic heterocycles. The summed E-state index contributed by atoms with van der Waals surface area (Å²) in [7, 11) is 1.51. The van der Waals surface area contributed by atoms with E-state index in [-0.39, 0.29) is 10.7 Å². The number of fused-ring (bicyclic) bond motifs is 1. The Bertz CT molecular complexity index is 660. The first kappa shape index (κ1) is 14.5. The zero-order chi connectivity index (χ0) is 14.9. The van der Waals surface area contributed by atoms with Gasteiger partial charge in [0.1, 0.15) is 17.0 Å². The molecule has 0 aliphatic rings. The molecular weight excluding hydrogens is 286 g/mol. The second kappa shape index (κ2) is 5.62. The molecule has 0 aliphatic carbocycles. The first-order valence-corrected chi connectivity index (χ1v) is 6.05. The van der Waals surface area contributed by atoms with Crippen molar-refractivity contribution in [1.29, 1.82) is 0 Å². The third-order valence-electron chi connectivity index (χ3n) is 2.87. The lowest BCUT2D eigenvalue weighted by Gasteiger charge is -2.16. The molecule has 0 saturated heterocycles. The summed E-state index contributed by atoms with van der Waals surface area (Å²) >= 11 is 5.91. The molecule has 20 heavy (non-hydrogen) atoms. The number of nitrogens with zero attached hydrogens (tertiary/aromatic N) is 1. The average Bonchev–Trinajstić information content (AvgIpc) is 2.44. The van der Waals surface area contributed by atoms with E-state index in [1.165, 1.54) is 13.2 Å². The number of ether oxygens (including phenoxy) is 1. The van der Waals surface area contributed by atoms with Crippen molar-refractivity contribution in [3.63, 3.8) is 0 Å². The smallest absolute Gasteiger partial charge is 0.335 e. The molecule has 0 radical (unpaired) electrons. The average molecular weight is 298 g/mol. The summed E-state index contributed by atoms with van der Waals surface area (Å²) in [5.41, 5.74) is 0.610. The Morgan fingerprint density at radius 2 is 2.05 bits per heavy atom. The molecule has 1 heterocycles. The standard InChI is InChI=1S/C13H12ClNO5/c1-20-7-2-3-9-6(4-7)5-8(12(14)15-9)10(16)11(17)13(18)19/h2-5,10-11,16-17H,1H3,(H,18,19). The van der Waals surface area contributed by atoms with E-state index in [0.29, 0.717) is 16.7 Å². The topological polar surface area (TPSA) is 99.9 Å². The Kier molecular flexibility index (Phi) is 4.08. The van der Waals surface area contributed by atoms with Gasteiger partial charge >= 0.3 is 5.97 Å². The van der Waals surface area contributed by atoms with Crippen molar-refractivity contribution in [3.8, 4) is 5.75 Å². The van der Waals surface area contributed by atoms with Crippen LogP contribution < -0.4 is 4.74 Å². The van der Waals surface area contributed by atoms with Crippen molar-refractivity contribution in [2.24, 2.45) is 0 Å². The van der Waals surface area contributed by atoms with Gasteiger partial charge in [0.15, 0.2) is 6.10 Å². The van der Waals surface area contributed by atoms with Crippen LogP contribution in [-0.2, 0) is 4.79 Å². The maximum atomic E-state index is 10.7. The third-order valence-corrected chi connectivity index (χ3v) is 3.18. The van der Waals surface area contributed by atoms with Gasteiger partial charge in [-0.15, -0.1) is 0 Å². The van der Waals surface area contributed by atoms with E-state index >= 15 is 0 Å². The molecule has 0 saturated carbocycles. The maximum Gasteiger partial charge on any atom is 0.335 e. The van der Waals surface area contributed by atoms with E-state index in [1.807, 2.05) is 0 Å². The molecule has 6 nitrogen and oxygen atoms in total. The molecule has 3 N–H and O–H groups in total. The largest absolute Gasteiger partial charge is 0.497 e. The van der Waals surface area contributed by atoms with Crippen LogP contribution in [0.5, 0.6) is 5.75 Å². The van der Waals surface area contributed by atoms with Crippen molar-refractivity contribution < 1.29 is 24.9 Å². The monoisotopic (exact) mass is 297 g/mol. The highest BCUT2D eigenvalue weighted by Crippen LogP contribution is 2.29. The molecule has 0 fully saturated rings. The number of aliphatic hydroxyl groups excluding tert-OH is 2. The lowest BCUT2D eigenvalue weighted by atomic mass is 10.0. The number of aliphatic hydroxyl groups is 2. The predicted molar refractivity (Wildman–Crippen MR) is 71.9 cm³/mol. The van der Waals surface area contributed by atoms with E-state index in [2.05, 4.69) is 4.98 Å². The number of rotatable bonds is 4. The zero-order valence-corrected chi connectivity index (χ0v) is 11.2. The van der Waals surface area contributed by atoms with Gasteiger partial charge in [0.25, 0.3) is 0 Å². The summed E-state index contributed by atoms with van der Waals surface area (Å²) in [6.45, 7) is 0. The van der Waals surface area contributed by atoms with Gasteiger partial charge in [0.2, 0.25) is 0 Å². The number of aliphatic carboxylic acids is 1. The number of halogens is 1. The van der Waals surface area contributed by atoms with Gasteiger partial charge in [-0.2, -0.15) is 0 Å². The Morgan fingerprint density at radius 3 is 2.65 bits per heavy atom. The number of carbonyl (C=O) groups is 1. The lowest BCUT2D eigenvalue weighted by molar-refractivity contribution is -0.153. The minimum absolute atomic E-state index is 0.0438. The number of methoxy groups -OCH3 is 1. The van der Waals surface area contributed by atoms with Gasteiger partial charge < -0.3 is 20.1 Å². The normalized spacial score (nSPS) is 14.0. The Labute approximate surface area is 119 Å². The third kappa shape index (κ3) is 2.67.